The lowest BCUT2D eigenvalue weighted by molar-refractivity contribution is 0.0976. The molecular formula is C18H27ClN2O4. The maximum absolute atomic E-state index is 10.0. The Bertz CT molecular complexity index is 640. The number of aliphatic hydroxyl groups is 1. The molecule has 7 heteroatoms. The molecule has 0 fully saturated rings. The summed E-state index contributed by atoms with van der Waals surface area (Å²) in [5.74, 6) is 1.94. The van der Waals surface area contributed by atoms with Crippen molar-refractivity contribution in [3.8, 4) is 11.5 Å². The second kappa shape index (κ2) is 9.65. The highest BCUT2D eigenvalue weighted by Crippen LogP contribution is 2.27. The van der Waals surface area contributed by atoms with Crippen LogP contribution in [-0.2, 0) is 6.61 Å². The van der Waals surface area contributed by atoms with Gasteiger partial charge in [0.05, 0.1) is 0 Å². The van der Waals surface area contributed by atoms with Crippen LogP contribution in [0.2, 0.25) is 0 Å². The number of nitrogens with zero attached hydrogens (tertiary/aromatic N) is 1. The Hall–Kier alpha value is -1.76. The molecule has 6 nitrogen and oxygen atoms in total. The van der Waals surface area contributed by atoms with E-state index in [0.717, 1.165) is 11.5 Å². The molecule has 1 atom stereocenters. The molecule has 25 heavy (non-hydrogen) atoms. The first-order chi connectivity index (χ1) is 11.3. The van der Waals surface area contributed by atoms with Gasteiger partial charge in [0.1, 0.15) is 30.8 Å². The number of hydrogen-bond acceptors (Lipinski definition) is 6. The van der Waals surface area contributed by atoms with E-state index in [2.05, 4.69) is 31.2 Å². The number of hydrogen-bond donors (Lipinski definition) is 2. The first-order valence-electron chi connectivity index (χ1n) is 8.03. The Labute approximate surface area is 154 Å². The van der Waals surface area contributed by atoms with Gasteiger partial charge in [0.15, 0.2) is 11.5 Å². The fourth-order valence-corrected chi connectivity index (χ4v) is 2.00. The van der Waals surface area contributed by atoms with Gasteiger partial charge in [-0.25, -0.2) is 0 Å². The SMILES string of the molecule is Cc1cc(COc2ccccc2OCC(O)CNC(C)(C)C)no1.Cl. The second-order valence-corrected chi connectivity index (χ2v) is 6.76. The molecule has 1 aromatic heterocycles. The third kappa shape index (κ3) is 7.77. The summed E-state index contributed by atoms with van der Waals surface area (Å²) in [5.41, 5.74) is 0.675. The van der Waals surface area contributed by atoms with Crippen LogP contribution < -0.4 is 14.8 Å². The molecule has 2 aromatic rings. The van der Waals surface area contributed by atoms with E-state index in [1.807, 2.05) is 37.3 Å². The number of aliphatic hydroxyl groups excluding tert-OH is 1. The smallest absolute Gasteiger partial charge is 0.161 e. The van der Waals surface area contributed by atoms with Crippen molar-refractivity contribution in [2.45, 2.75) is 45.9 Å². The first-order valence-corrected chi connectivity index (χ1v) is 8.03. The summed E-state index contributed by atoms with van der Waals surface area (Å²) < 4.78 is 16.5. The van der Waals surface area contributed by atoms with E-state index in [0.29, 0.717) is 24.7 Å². The molecule has 2 N–H and O–H groups in total. The van der Waals surface area contributed by atoms with Crippen molar-refractivity contribution in [1.29, 1.82) is 0 Å². The van der Waals surface area contributed by atoms with Gasteiger partial charge >= 0.3 is 0 Å². The molecule has 0 aliphatic heterocycles. The van der Waals surface area contributed by atoms with Gasteiger partial charge < -0.3 is 24.4 Å². The van der Waals surface area contributed by atoms with Crippen molar-refractivity contribution < 1.29 is 19.1 Å². The van der Waals surface area contributed by atoms with Crippen molar-refractivity contribution in [3.05, 3.63) is 41.8 Å². The number of β-amino-alcohol motifs (C(OH)–C–C–N with tert-alkyl or cyclic N) is 1. The van der Waals surface area contributed by atoms with Gasteiger partial charge in [0.2, 0.25) is 0 Å². The second-order valence-electron chi connectivity index (χ2n) is 6.76. The van der Waals surface area contributed by atoms with E-state index < -0.39 is 6.10 Å². The predicted molar refractivity (Wildman–Crippen MR) is 98.5 cm³/mol. The van der Waals surface area contributed by atoms with Gasteiger partial charge in [0.25, 0.3) is 0 Å². The summed E-state index contributed by atoms with van der Waals surface area (Å²) >= 11 is 0. The molecule has 0 saturated carbocycles. The van der Waals surface area contributed by atoms with E-state index in [1.165, 1.54) is 0 Å². The number of para-hydroxylation sites is 2. The third-order valence-corrected chi connectivity index (χ3v) is 3.20. The number of aryl methyl sites for hydroxylation is 1. The Morgan fingerprint density at radius 1 is 1.20 bits per heavy atom. The highest BCUT2D eigenvalue weighted by molar-refractivity contribution is 5.85. The Kier molecular flexibility index (Phi) is 8.22. The molecule has 1 aromatic carbocycles. The molecule has 0 spiro atoms. The summed E-state index contributed by atoms with van der Waals surface area (Å²) in [6.45, 7) is 8.93. The van der Waals surface area contributed by atoms with Gasteiger partial charge in [-0.05, 0) is 39.8 Å². The van der Waals surface area contributed by atoms with Gasteiger partial charge in [-0.1, -0.05) is 17.3 Å². The number of halogens is 1. The van der Waals surface area contributed by atoms with Crippen LogP contribution in [0.3, 0.4) is 0 Å². The van der Waals surface area contributed by atoms with Crippen molar-refractivity contribution in [3.63, 3.8) is 0 Å². The fraction of sp³-hybridized carbons (Fsp3) is 0.500. The zero-order valence-electron chi connectivity index (χ0n) is 15.1. The van der Waals surface area contributed by atoms with Crippen LogP contribution in [0.25, 0.3) is 0 Å². The minimum Gasteiger partial charge on any atom is -0.487 e. The predicted octanol–water partition coefficient (Wildman–Crippen LogP) is 3.11. The van der Waals surface area contributed by atoms with E-state index in [9.17, 15) is 5.11 Å². The lowest BCUT2D eigenvalue weighted by Gasteiger charge is -2.23. The van der Waals surface area contributed by atoms with Gasteiger partial charge in [-0.2, -0.15) is 0 Å². The number of aromatic nitrogens is 1. The fourth-order valence-electron chi connectivity index (χ4n) is 2.00. The lowest BCUT2D eigenvalue weighted by atomic mass is 10.1. The van der Waals surface area contributed by atoms with Gasteiger partial charge in [-0.15, -0.1) is 12.4 Å². The van der Waals surface area contributed by atoms with E-state index in [-0.39, 0.29) is 24.6 Å². The largest absolute Gasteiger partial charge is 0.487 e. The molecule has 0 radical (unpaired) electrons. The topological polar surface area (TPSA) is 76.8 Å². The van der Waals surface area contributed by atoms with E-state index in [1.54, 1.807) is 0 Å². The van der Waals surface area contributed by atoms with Crippen LogP contribution in [0.5, 0.6) is 11.5 Å². The van der Waals surface area contributed by atoms with Gasteiger partial charge in [-0.3, -0.25) is 0 Å². The third-order valence-electron chi connectivity index (χ3n) is 3.20. The lowest BCUT2D eigenvalue weighted by Crippen LogP contribution is -2.42. The monoisotopic (exact) mass is 370 g/mol. The minimum atomic E-state index is -0.601. The van der Waals surface area contributed by atoms with Crippen LogP contribution in [0.15, 0.2) is 34.9 Å². The Morgan fingerprint density at radius 3 is 2.40 bits per heavy atom. The van der Waals surface area contributed by atoms with Crippen molar-refractivity contribution in [2.75, 3.05) is 13.2 Å². The highest BCUT2D eigenvalue weighted by Gasteiger charge is 2.14. The van der Waals surface area contributed by atoms with Crippen LogP contribution in [0.1, 0.15) is 32.2 Å². The van der Waals surface area contributed by atoms with Crippen LogP contribution >= 0.6 is 12.4 Å². The molecule has 0 aliphatic carbocycles. The average Bonchev–Trinajstić information content (AvgIpc) is 2.94. The van der Waals surface area contributed by atoms with Crippen LogP contribution in [0.4, 0.5) is 0 Å². The number of ether oxygens (including phenoxy) is 2. The molecule has 0 amide bonds. The number of nitrogens with one attached hydrogen (secondary N) is 1. The summed E-state index contributed by atoms with van der Waals surface area (Å²) in [7, 11) is 0. The molecule has 0 bridgehead atoms. The summed E-state index contributed by atoms with van der Waals surface area (Å²) in [6.07, 6.45) is -0.601. The zero-order chi connectivity index (χ0) is 17.6. The maximum Gasteiger partial charge on any atom is 0.161 e. The number of rotatable bonds is 8. The zero-order valence-corrected chi connectivity index (χ0v) is 15.9. The highest BCUT2D eigenvalue weighted by atomic mass is 35.5. The van der Waals surface area contributed by atoms with E-state index in [4.69, 9.17) is 14.0 Å². The van der Waals surface area contributed by atoms with Crippen LogP contribution in [0, 0.1) is 6.92 Å². The molecule has 0 aliphatic rings. The molecule has 2 rings (SSSR count). The van der Waals surface area contributed by atoms with Crippen LogP contribution in [-0.4, -0.2) is 35.1 Å². The van der Waals surface area contributed by atoms with Crippen molar-refractivity contribution in [2.24, 2.45) is 0 Å². The average molecular weight is 371 g/mol. The molecule has 0 saturated heterocycles. The first kappa shape index (κ1) is 21.3. The molecule has 1 unspecified atom stereocenters. The van der Waals surface area contributed by atoms with Gasteiger partial charge in [0, 0.05) is 18.2 Å². The molecule has 140 valence electrons. The Balaban J connectivity index is 0.00000312. The van der Waals surface area contributed by atoms with Crippen molar-refractivity contribution >= 4 is 12.4 Å². The van der Waals surface area contributed by atoms with E-state index >= 15 is 0 Å². The minimum absolute atomic E-state index is 0. The summed E-state index contributed by atoms with van der Waals surface area (Å²) in [5, 5.41) is 17.2. The normalized spacial score (nSPS) is 12.4. The molecule has 1 heterocycles. The maximum atomic E-state index is 10.0. The Morgan fingerprint density at radius 2 is 1.84 bits per heavy atom. The summed E-state index contributed by atoms with van der Waals surface area (Å²) in [4.78, 5) is 0. The molecular weight excluding hydrogens is 344 g/mol. The van der Waals surface area contributed by atoms with Crippen molar-refractivity contribution in [1.82, 2.24) is 10.5 Å². The number of benzene rings is 1. The summed E-state index contributed by atoms with van der Waals surface area (Å²) in [6, 6.07) is 9.19. The standard InChI is InChI=1S/C18H26N2O4.ClH/c1-13-9-14(20-24-13)11-22-16-7-5-6-8-17(16)23-12-15(21)10-19-18(2,3)4;/h5-9,15,19,21H,10-12H2,1-4H3;1H. The quantitative estimate of drug-likeness (QED) is 0.743.